The lowest BCUT2D eigenvalue weighted by atomic mass is 10.1. The first-order valence-electron chi connectivity index (χ1n) is 22.2. The first kappa shape index (κ1) is 46.3. The van der Waals surface area contributed by atoms with Crippen LogP contribution in [0.1, 0.15) is 189 Å². The minimum absolute atomic E-state index is 0.123. The van der Waals surface area contributed by atoms with Crippen LogP contribution in [0.15, 0.2) is 77.6 Å². The van der Waals surface area contributed by atoms with Crippen LogP contribution in [-0.4, -0.2) is 25.0 Å². The number of anilines is 2. The molecule has 0 saturated heterocycles. The summed E-state index contributed by atoms with van der Waals surface area (Å²) in [5.74, 6) is 0.761. The Hall–Kier alpha value is -4.13. The number of ether oxygens (including phenoxy) is 2. The quantitative estimate of drug-likeness (QED) is 0.0617. The molecule has 3 rings (SSSR count). The van der Waals surface area contributed by atoms with Gasteiger partial charge in [-0.2, -0.15) is 0 Å². The molecule has 0 radical (unpaired) electrons. The lowest BCUT2D eigenvalue weighted by molar-refractivity contribution is 0.101. The van der Waals surface area contributed by atoms with Gasteiger partial charge in [0.2, 0.25) is 5.43 Å². The van der Waals surface area contributed by atoms with Crippen molar-refractivity contribution in [2.75, 3.05) is 23.8 Å². The van der Waals surface area contributed by atoms with E-state index < -0.39 is 5.91 Å². The topological polar surface area (TPSA) is 93.7 Å². The molecule has 0 aliphatic carbocycles. The van der Waals surface area contributed by atoms with Crippen LogP contribution in [0.3, 0.4) is 0 Å². The van der Waals surface area contributed by atoms with Gasteiger partial charge in [-0.25, -0.2) is 0 Å². The average Bonchev–Trinajstić information content (AvgIpc) is 3.38. The molecule has 56 heavy (non-hydrogen) atoms. The molecule has 2 N–H and O–H groups in total. The molecule has 2 amide bonds. The van der Waals surface area contributed by atoms with Crippen LogP contribution in [-0.2, 0) is 0 Å². The van der Waals surface area contributed by atoms with Crippen LogP contribution in [0.2, 0.25) is 0 Å². The highest BCUT2D eigenvalue weighted by Crippen LogP contribution is 2.18. The fraction of sp³-hybridized carbons (Fsp3) is 0.571. The Balaban J connectivity index is 1.30. The van der Waals surface area contributed by atoms with Crippen LogP contribution in [0.25, 0.3) is 0 Å². The van der Waals surface area contributed by atoms with Gasteiger partial charge in [-0.3, -0.25) is 14.4 Å². The lowest BCUT2D eigenvalue weighted by Crippen LogP contribution is -2.16. The third kappa shape index (κ3) is 20.7. The molecule has 7 nitrogen and oxygen atoms in total. The molecule has 0 spiro atoms. The lowest BCUT2D eigenvalue weighted by Gasteiger charge is -2.08. The van der Waals surface area contributed by atoms with Gasteiger partial charge in [-0.15, -0.1) is 0 Å². The number of carbonyl (C=O) groups is 2. The van der Waals surface area contributed by atoms with E-state index in [0.717, 1.165) is 30.8 Å². The summed E-state index contributed by atoms with van der Waals surface area (Å²) in [4.78, 5) is 38.7. The Bertz CT molecular complexity index is 1540. The second-order valence-electron chi connectivity index (χ2n) is 15.3. The summed E-state index contributed by atoms with van der Waals surface area (Å²) in [5.41, 5.74) is 1.10. The van der Waals surface area contributed by atoms with Crippen LogP contribution in [0.5, 0.6) is 11.5 Å². The molecule has 0 aliphatic rings. The zero-order valence-corrected chi connectivity index (χ0v) is 34.9. The predicted octanol–water partition coefficient (Wildman–Crippen LogP) is 13.7. The Morgan fingerprint density at radius 3 is 1.14 bits per heavy atom. The number of benzene rings is 2. The SMILES string of the molecule is CCCCCCCCCCCCCCOc1ccc(C(=O)Nc2ccc(NC(=O)c3ccc(OCCCCCCCCCCCCCC)cc3)c(=O)cc2)cc1. The number of unbranched alkanes of at least 4 members (excludes halogenated alkanes) is 22. The van der Waals surface area contributed by atoms with E-state index in [1.54, 1.807) is 42.5 Å². The Labute approximate surface area is 338 Å². The fourth-order valence-electron chi connectivity index (χ4n) is 6.82. The molecule has 0 heterocycles. The molecule has 308 valence electrons. The third-order valence-electron chi connectivity index (χ3n) is 10.4. The van der Waals surface area contributed by atoms with Crippen LogP contribution < -0.4 is 25.5 Å². The molecule has 0 bridgehead atoms. The number of hydrogen-bond acceptors (Lipinski definition) is 5. The largest absolute Gasteiger partial charge is 0.494 e. The molecule has 0 aliphatic heterocycles. The Kier molecular flexibility index (Phi) is 24.8. The molecular formula is C49H72N2O5. The number of nitrogens with one attached hydrogen (secondary N) is 2. The van der Waals surface area contributed by atoms with Crippen molar-refractivity contribution in [1.82, 2.24) is 0 Å². The van der Waals surface area contributed by atoms with Crippen molar-refractivity contribution in [2.24, 2.45) is 0 Å². The van der Waals surface area contributed by atoms with Crippen LogP contribution >= 0.6 is 0 Å². The Morgan fingerprint density at radius 2 is 0.750 bits per heavy atom. The summed E-state index contributed by atoms with van der Waals surface area (Å²) in [5, 5.41) is 5.54. The second-order valence-corrected chi connectivity index (χ2v) is 15.3. The molecule has 0 saturated carbocycles. The van der Waals surface area contributed by atoms with Gasteiger partial charge in [0.05, 0.1) is 18.9 Å². The zero-order chi connectivity index (χ0) is 39.9. The van der Waals surface area contributed by atoms with Gasteiger partial charge in [0, 0.05) is 16.8 Å². The van der Waals surface area contributed by atoms with E-state index in [4.69, 9.17) is 9.47 Å². The summed E-state index contributed by atoms with van der Waals surface area (Å²) < 4.78 is 11.8. The van der Waals surface area contributed by atoms with Crippen molar-refractivity contribution in [3.63, 3.8) is 0 Å². The van der Waals surface area contributed by atoms with E-state index in [1.807, 2.05) is 12.1 Å². The number of carbonyl (C=O) groups excluding carboxylic acids is 2. The maximum atomic E-state index is 13.0. The van der Waals surface area contributed by atoms with Crippen LogP contribution in [0.4, 0.5) is 11.4 Å². The standard InChI is InChI=1S/C49H72N2O5/c1-3-5-7-9-11-13-15-17-19-21-23-25-39-55-44-33-27-41(28-34-44)48(53)50-43-31-37-46(47(52)38-32-43)51-49(54)42-29-35-45(36-30-42)56-40-26-24-22-20-18-16-14-12-10-8-6-4-2/h27-38H,3-26,39-40H2,1-2H3,(H,50,53)(H,51,52,54). The maximum absolute atomic E-state index is 13.0. The Morgan fingerprint density at radius 1 is 0.411 bits per heavy atom. The van der Waals surface area contributed by atoms with E-state index in [2.05, 4.69) is 24.5 Å². The van der Waals surface area contributed by atoms with E-state index >= 15 is 0 Å². The van der Waals surface area contributed by atoms with Crippen molar-refractivity contribution in [3.05, 3.63) is 94.1 Å². The second kappa shape index (κ2) is 30.1. The van der Waals surface area contributed by atoms with Crippen molar-refractivity contribution in [3.8, 4) is 11.5 Å². The third-order valence-corrected chi connectivity index (χ3v) is 10.4. The first-order chi connectivity index (χ1) is 27.5. The van der Waals surface area contributed by atoms with E-state index in [9.17, 15) is 14.4 Å². The molecule has 0 fully saturated rings. The van der Waals surface area contributed by atoms with Gasteiger partial charge in [0.1, 0.15) is 11.5 Å². The van der Waals surface area contributed by atoms with Crippen molar-refractivity contribution in [1.29, 1.82) is 0 Å². The fourth-order valence-corrected chi connectivity index (χ4v) is 6.82. The average molecular weight is 769 g/mol. The van der Waals surface area contributed by atoms with Gasteiger partial charge in [0.25, 0.3) is 11.8 Å². The van der Waals surface area contributed by atoms with Gasteiger partial charge >= 0.3 is 0 Å². The van der Waals surface area contributed by atoms with E-state index in [-0.39, 0.29) is 17.0 Å². The van der Waals surface area contributed by atoms with Gasteiger partial charge < -0.3 is 20.1 Å². The zero-order valence-electron chi connectivity index (χ0n) is 34.9. The van der Waals surface area contributed by atoms with E-state index in [0.29, 0.717) is 30.0 Å². The summed E-state index contributed by atoms with van der Waals surface area (Å²) in [6, 6.07) is 20.0. The van der Waals surface area contributed by atoms with Crippen molar-refractivity contribution >= 4 is 23.2 Å². The van der Waals surface area contributed by atoms with Crippen LogP contribution in [0, 0.1) is 0 Å². The monoisotopic (exact) mass is 769 g/mol. The minimum atomic E-state index is -0.396. The summed E-state index contributed by atoms with van der Waals surface area (Å²) >= 11 is 0. The normalized spacial score (nSPS) is 11.0. The minimum Gasteiger partial charge on any atom is -0.494 e. The summed E-state index contributed by atoms with van der Waals surface area (Å²) in [6.45, 7) is 5.85. The van der Waals surface area contributed by atoms with Crippen molar-refractivity contribution in [2.45, 2.75) is 168 Å². The maximum Gasteiger partial charge on any atom is 0.255 e. The molecule has 7 heteroatoms. The number of hydrogen-bond donors (Lipinski definition) is 2. The molecular weight excluding hydrogens is 697 g/mol. The number of rotatable bonds is 32. The highest BCUT2D eigenvalue weighted by atomic mass is 16.5. The first-order valence-corrected chi connectivity index (χ1v) is 22.2. The molecule has 3 aromatic carbocycles. The van der Waals surface area contributed by atoms with Crippen molar-refractivity contribution < 1.29 is 19.1 Å². The predicted molar refractivity (Wildman–Crippen MR) is 235 cm³/mol. The highest BCUT2D eigenvalue weighted by molar-refractivity contribution is 6.05. The molecule has 3 aromatic rings. The summed E-state index contributed by atoms with van der Waals surface area (Å²) in [6.07, 6.45) is 31.3. The number of amides is 2. The van der Waals surface area contributed by atoms with Gasteiger partial charge in [-0.1, -0.05) is 155 Å². The molecule has 0 atom stereocenters. The van der Waals surface area contributed by atoms with E-state index in [1.165, 1.54) is 153 Å². The summed E-state index contributed by atoms with van der Waals surface area (Å²) in [7, 11) is 0. The van der Waals surface area contributed by atoms with Gasteiger partial charge in [-0.05, 0) is 85.6 Å². The highest BCUT2D eigenvalue weighted by Gasteiger charge is 2.10. The molecule has 0 unspecified atom stereocenters. The smallest absolute Gasteiger partial charge is 0.255 e. The molecule has 0 aromatic heterocycles. The van der Waals surface area contributed by atoms with Gasteiger partial charge in [0.15, 0.2) is 0 Å².